The highest BCUT2D eigenvalue weighted by atomic mass is 32.1. The molecule has 0 spiro atoms. The van der Waals surface area contributed by atoms with Crippen LogP contribution >= 0.6 is 11.3 Å². The maximum Gasteiger partial charge on any atom is 0.268 e. The molecule has 8 heteroatoms. The first kappa shape index (κ1) is 20.4. The van der Waals surface area contributed by atoms with Gasteiger partial charge in [-0.3, -0.25) is 9.59 Å². The van der Waals surface area contributed by atoms with Gasteiger partial charge >= 0.3 is 0 Å². The van der Waals surface area contributed by atoms with Crippen LogP contribution in [0.1, 0.15) is 16.6 Å². The number of ether oxygens (including phenoxy) is 1. The third-order valence-electron chi connectivity index (χ3n) is 4.38. The Labute approximate surface area is 182 Å². The molecule has 0 saturated carbocycles. The highest BCUT2D eigenvalue weighted by Crippen LogP contribution is 2.35. The zero-order valence-electron chi connectivity index (χ0n) is 16.8. The highest BCUT2D eigenvalue weighted by Gasteiger charge is 2.22. The molecule has 7 nitrogen and oxygen atoms in total. The maximum atomic E-state index is 13.3. The molecular formula is C23H19N3O4S. The van der Waals surface area contributed by atoms with E-state index < -0.39 is 0 Å². The monoisotopic (exact) mass is 433 g/mol. The number of anilines is 2. The molecule has 2 heterocycles. The molecule has 2 aromatic heterocycles. The van der Waals surface area contributed by atoms with Gasteiger partial charge in [-0.1, -0.05) is 30.3 Å². The Balaban J connectivity index is 1.72. The first-order chi connectivity index (χ1) is 15.0. The number of furan rings is 1. The number of methoxy groups -OCH3 is 1. The van der Waals surface area contributed by atoms with E-state index in [0.717, 1.165) is 5.56 Å². The molecule has 0 atom stereocenters. The van der Waals surface area contributed by atoms with Crippen molar-refractivity contribution in [3.63, 3.8) is 0 Å². The van der Waals surface area contributed by atoms with Crippen molar-refractivity contribution in [1.29, 1.82) is 0 Å². The summed E-state index contributed by atoms with van der Waals surface area (Å²) in [5, 5.41) is 6.19. The number of carbonyl (C=O) groups is 2. The van der Waals surface area contributed by atoms with Crippen LogP contribution in [0.2, 0.25) is 0 Å². The predicted molar refractivity (Wildman–Crippen MR) is 121 cm³/mol. The Morgan fingerprint density at radius 1 is 1.03 bits per heavy atom. The quantitative estimate of drug-likeness (QED) is 0.431. The number of thiazole rings is 1. The van der Waals surface area contributed by atoms with Crippen molar-refractivity contribution < 1.29 is 18.7 Å². The van der Waals surface area contributed by atoms with Crippen LogP contribution in [0.5, 0.6) is 5.75 Å². The third-order valence-corrected chi connectivity index (χ3v) is 5.45. The maximum absolute atomic E-state index is 13.3. The zero-order valence-corrected chi connectivity index (χ0v) is 17.7. The van der Waals surface area contributed by atoms with Gasteiger partial charge in [-0.25, -0.2) is 4.98 Å². The van der Waals surface area contributed by atoms with Gasteiger partial charge in [0.15, 0.2) is 10.8 Å². The van der Waals surface area contributed by atoms with Crippen molar-refractivity contribution in [2.24, 2.45) is 0 Å². The Morgan fingerprint density at radius 3 is 2.52 bits per heavy atom. The van der Waals surface area contributed by atoms with Crippen LogP contribution in [0, 0.1) is 0 Å². The normalized spacial score (nSPS) is 10.5. The molecule has 0 saturated heterocycles. The van der Waals surface area contributed by atoms with Crippen molar-refractivity contribution in [2.45, 2.75) is 6.92 Å². The van der Waals surface area contributed by atoms with Crippen molar-refractivity contribution in [2.75, 3.05) is 17.7 Å². The van der Waals surface area contributed by atoms with E-state index in [1.165, 1.54) is 25.4 Å². The van der Waals surface area contributed by atoms with Crippen molar-refractivity contribution in [3.8, 4) is 27.8 Å². The molecule has 2 N–H and O–H groups in total. The largest absolute Gasteiger partial charge is 0.495 e. The molecule has 0 unspecified atom stereocenters. The lowest BCUT2D eigenvalue weighted by Gasteiger charge is -2.12. The van der Waals surface area contributed by atoms with Gasteiger partial charge in [-0.2, -0.15) is 0 Å². The summed E-state index contributed by atoms with van der Waals surface area (Å²) in [7, 11) is 1.51. The number of hydrogen-bond acceptors (Lipinski definition) is 6. The smallest absolute Gasteiger partial charge is 0.268 e. The number of nitrogens with one attached hydrogen (secondary N) is 2. The summed E-state index contributed by atoms with van der Waals surface area (Å²) in [5.74, 6) is 0.512. The summed E-state index contributed by atoms with van der Waals surface area (Å²) in [6.45, 7) is 1.42. The second kappa shape index (κ2) is 8.85. The van der Waals surface area contributed by atoms with Crippen molar-refractivity contribution in [1.82, 2.24) is 4.98 Å². The minimum absolute atomic E-state index is 0.209. The van der Waals surface area contributed by atoms with E-state index >= 15 is 0 Å². The molecule has 0 aliphatic heterocycles. The topological polar surface area (TPSA) is 93.5 Å². The molecule has 0 fully saturated rings. The van der Waals surface area contributed by atoms with Crippen LogP contribution < -0.4 is 15.4 Å². The fourth-order valence-electron chi connectivity index (χ4n) is 3.04. The summed E-state index contributed by atoms with van der Waals surface area (Å²) in [5.41, 5.74) is 2.37. The van der Waals surface area contributed by atoms with E-state index in [9.17, 15) is 9.59 Å². The van der Waals surface area contributed by atoms with E-state index in [4.69, 9.17) is 9.15 Å². The van der Waals surface area contributed by atoms with Crippen molar-refractivity contribution >= 4 is 34.5 Å². The molecule has 4 rings (SSSR count). The molecule has 2 aromatic carbocycles. The number of amides is 2. The van der Waals surface area contributed by atoms with E-state index in [1.807, 2.05) is 30.3 Å². The van der Waals surface area contributed by atoms with E-state index in [1.54, 1.807) is 36.6 Å². The van der Waals surface area contributed by atoms with Gasteiger partial charge in [0, 0.05) is 18.2 Å². The first-order valence-electron chi connectivity index (χ1n) is 9.42. The minimum atomic E-state index is -0.340. The van der Waals surface area contributed by atoms with E-state index in [2.05, 4.69) is 15.6 Å². The number of aromatic nitrogens is 1. The molecule has 0 bridgehead atoms. The van der Waals surface area contributed by atoms with Gasteiger partial charge in [0.25, 0.3) is 5.91 Å². The Morgan fingerprint density at radius 2 is 1.84 bits per heavy atom. The lowest BCUT2D eigenvalue weighted by atomic mass is 10.1. The number of nitrogens with zero attached hydrogens (tertiary/aromatic N) is 1. The second-order valence-corrected chi connectivity index (χ2v) is 7.59. The average molecular weight is 433 g/mol. The molecule has 0 radical (unpaired) electrons. The molecular weight excluding hydrogens is 414 g/mol. The van der Waals surface area contributed by atoms with Crippen LogP contribution in [-0.2, 0) is 4.79 Å². The number of benzene rings is 2. The van der Waals surface area contributed by atoms with E-state index in [-0.39, 0.29) is 11.8 Å². The molecule has 2 amide bonds. The van der Waals surface area contributed by atoms with Gasteiger partial charge in [0.1, 0.15) is 10.6 Å². The predicted octanol–water partition coefficient (Wildman–Crippen LogP) is 5.29. The Hall–Kier alpha value is -3.91. The fourth-order valence-corrected chi connectivity index (χ4v) is 3.99. The molecule has 0 aliphatic carbocycles. The van der Waals surface area contributed by atoms with Crippen LogP contribution in [0.3, 0.4) is 0 Å². The van der Waals surface area contributed by atoms with Crippen LogP contribution in [-0.4, -0.2) is 23.9 Å². The average Bonchev–Trinajstić information content (AvgIpc) is 3.44. The van der Waals surface area contributed by atoms with Gasteiger partial charge < -0.3 is 19.8 Å². The van der Waals surface area contributed by atoms with Gasteiger partial charge in [0.2, 0.25) is 5.91 Å². The molecule has 156 valence electrons. The Kier molecular flexibility index (Phi) is 5.81. The standard InChI is InChI=1S/C23H19N3O4S/c1-14(27)24-16-10-11-18(29-2)17(13-16)25-22(28)21-20(15-7-4-3-5-8-15)26-23(31-21)19-9-6-12-30-19/h3-13H,1-2H3,(H,24,27)(H,25,28). The molecule has 31 heavy (non-hydrogen) atoms. The molecule has 4 aromatic rings. The molecule has 0 aliphatic rings. The van der Waals surface area contributed by atoms with Gasteiger partial charge in [-0.15, -0.1) is 11.3 Å². The summed E-state index contributed by atoms with van der Waals surface area (Å²) in [4.78, 5) is 29.8. The Bertz CT molecular complexity index is 1220. The van der Waals surface area contributed by atoms with Crippen LogP contribution in [0.15, 0.2) is 71.3 Å². The summed E-state index contributed by atoms with van der Waals surface area (Å²) in [6.07, 6.45) is 1.57. The van der Waals surface area contributed by atoms with Crippen LogP contribution in [0.25, 0.3) is 22.0 Å². The SMILES string of the molecule is COc1ccc(NC(C)=O)cc1NC(=O)c1sc(-c2ccco2)nc1-c1ccccc1. The zero-order chi connectivity index (χ0) is 21.8. The van der Waals surface area contributed by atoms with Crippen LogP contribution in [0.4, 0.5) is 11.4 Å². The number of rotatable bonds is 6. The lowest BCUT2D eigenvalue weighted by molar-refractivity contribution is -0.114. The number of hydrogen-bond donors (Lipinski definition) is 2. The van der Waals surface area contributed by atoms with Gasteiger partial charge in [-0.05, 0) is 30.3 Å². The first-order valence-corrected chi connectivity index (χ1v) is 10.2. The summed E-state index contributed by atoms with van der Waals surface area (Å²) >= 11 is 1.24. The highest BCUT2D eigenvalue weighted by molar-refractivity contribution is 7.17. The number of carbonyl (C=O) groups excluding carboxylic acids is 2. The third kappa shape index (κ3) is 4.49. The van der Waals surface area contributed by atoms with Crippen molar-refractivity contribution in [3.05, 3.63) is 71.8 Å². The summed E-state index contributed by atoms with van der Waals surface area (Å²) < 4.78 is 10.8. The summed E-state index contributed by atoms with van der Waals surface area (Å²) in [6, 6.07) is 18.1. The fraction of sp³-hybridized carbons (Fsp3) is 0.0870. The van der Waals surface area contributed by atoms with E-state index in [0.29, 0.717) is 38.5 Å². The second-order valence-electron chi connectivity index (χ2n) is 6.59. The lowest BCUT2D eigenvalue weighted by Crippen LogP contribution is -2.13. The van der Waals surface area contributed by atoms with Gasteiger partial charge in [0.05, 0.1) is 24.8 Å². The minimum Gasteiger partial charge on any atom is -0.495 e.